The van der Waals surface area contributed by atoms with Gasteiger partial charge in [0.25, 0.3) is 11.1 Å². The third-order valence-electron chi connectivity index (χ3n) is 7.06. The largest absolute Gasteiger partial charge is 0.399 e. The lowest BCUT2D eigenvalue weighted by Gasteiger charge is -2.19. The van der Waals surface area contributed by atoms with Crippen molar-refractivity contribution >= 4 is 58.7 Å². The van der Waals surface area contributed by atoms with E-state index in [0.717, 1.165) is 42.1 Å². The lowest BCUT2D eigenvalue weighted by molar-refractivity contribution is 0.451. The van der Waals surface area contributed by atoms with Crippen molar-refractivity contribution in [3.63, 3.8) is 0 Å². The number of pyridine rings is 1. The molecular weight excluding hydrogens is 464 g/mol. The summed E-state index contributed by atoms with van der Waals surface area (Å²) in [4.78, 5) is 27.5. The predicted octanol–water partition coefficient (Wildman–Crippen LogP) is 6.66. The molecule has 0 radical (unpaired) electrons. The molecule has 0 aliphatic carbocycles. The Morgan fingerprint density at radius 3 is 2.33 bits per heavy atom. The summed E-state index contributed by atoms with van der Waals surface area (Å²) in [6, 6.07) is 21.4. The first-order valence-corrected chi connectivity index (χ1v) is 13.0. The molecule has 176 valence electrons. The fourth-order valence-electron chi connectivity index (χ4n) is 5.29. The van der Waals surface area contributed by atoms with Gasteiger partial charge in [-0.3, -0.25) is 14.2 Å². The topological polar surface area (TPSA) is 65.1 Å². The Hall–Kier alpha value is -4.14. The number of nitrogens with zero attached hydrogens (tertiary/aromatic N) is 1. The van der Waals surface area contributed by atoms with Crippen molar-refractivity contribution in [1.82, 2.24) is 4.57 Å². The number of nitrogens with two attached hydrogens (primary N) is 1. The smallest absolute Gasteiger partial charge is 0.261 e. The molecule has 6 rings (SSSR count). The van der Waals surface area contributed by atoms with Gasteiger partial charge in [0.1, 0.15) is 0 Å². The third kappa shape index (κ3) is 3.30. The van der Waals surface area contributed by atoms with Crippen LogP contribution in [0.25, 0.3) is 41.7 Å². The van der Waals surface area contributed by atoms with Crippen molar-refractivity contribution in [2.24, 2.45) is 0 Å². The molecule has 0 atom stereocenters. The second kappa shape index (κ2) is 8.51. The molecule has 0 saturated heterocycles. The fourth-order valence-corrected chi connectivity index (χ4v) is 6.47. The van der Waals surface area contributed by atoms with Crippen molar-refractivity contribution in [2.45, 2.75) is 32.7 Å². The highest BCUT2D eigenvalue weighted by molar-refractivity contribution is 7.25. The zero-order chi connectivity index (χ0) is 25.0. The van der Waals surface area contributed by atoms with Crippen LogP contribution < -0.4 is 16.9 Å². The highest BCUT2D eigenvalue weighted by Gasteiger charge is 2.22. The van der Waals surface area contributed by atoms with E-state index in [1.165, 1.54) is 4.57 Å². The van der Waals surface area contributed by atoms with Crippen LogP contribution in [-0.4, -0.2) is 4.57 Å². The van der Waals surface area contributed by atoms with Gasteiger partial charge in [0.05, 0.1) is 10.1 Å². The van der Waals surface area contributed by atoms with E-state index in [1.807, 2.05) is 68.4 Å². The Bertz CT molecular complexity index is 1980. The second-order valence-corrected chi connectivity index (χ2v) is 10.2. The molecule has 4 nitrogen and oxygen atoms in total. The summed E-state index contributed by atoms with van der Waals surface area (Å²) in [5, 5.41) is 4.97. The van der Waals surface area contributed by atoms with Crippen molar-refractivity contribution in [2.75, 3.05) is 5.73 Å². The molecule has 36 heavy (non-hydrogen) atoms. The van der Waals surface area contributed by atoms with E-state index in [1.54, 1.807) is 11.3 Å². The van der Waals surface area contributed by atoms with Gasteiger partial charge in [-0.15, -0.1) is 11.3 Å². The molecule has 0 saturated carbocycles. The molecule has 0 amide bonds. The average molecular weight is 489 g/mol. The Morgan fingerprint density at radius 1 is 0.806 bits per heavy atom. The van der Waals surface area contributed by atoms with E-state index in [9.17, 15) is 9.59 Å². The van der Waals surface area contributed by atoms with Crippen LogP contribution >= 0.6 is 11.3 Å². The SMILES string of the molecule is CCC(CC)n1c(=O)c2ccc3c4ccccc4sc4c(C#Cc5cccc(N)c5)cc(c1=O)c2c43. The molecule has 0 unspecified atom stereocenters. The van der Waals surface area contributed by atoms with Gasteiger partial charge in [-0.05, 0) is 60.0 Å². The number of hydrogen-bond acceptors (Lipinski definition) is 4. The normalized spacial score (nSPS) is 11.6. The molecule has 0 aliphatic heterocycles. The minimum absolute atomic E-state index is 0.141. The molecule has 6 aromatic rings. The summed E-state index contributed by atoms with van der Waals surface area (Å²) in [5.41, 5.74) is 7.76. The second-order valence-electron chi connectivity index (χ2n) is 9.14. The van der Waals surface area contributed by atoms with E-state index in [-0.39, 0.29) is 17.2 Å². The van der Waals surface area contributed by atoms with Crippen molar-refractivity contribution < 1.29 is 0 Å². The van der Waals surface area contributed by atoms with Gasteiger partial charge in [-0.1, -0.05) is 56.0 Å². The van der Waals surface area contributed by atoms with E-state index in [2.05, 4.69) is 24.0 Å². The van der Waals surface area contributed by atoms with Crippen LogP contribution in [0.4, 0.5) is 5.69 Å². The third-order valence-corrected chi connectivity index (χ3v) is 8.26. The first kappa shape index (κ1) is 22.3. The predicted molar refractivity (Wildman–Crippen MR) is 153 cm³/mol. The Labute approximate surface area is 211 Å². The minimum Gasteiger partial charge on any atom is -0.399 e. The van der Waals surface area contributed by atoms with Crippen LogP contribution in [0.2, 0.25) is 0 Å². The maximum absolute atomic E-state index is 13.9. The Morgan fingerprint density at radius 2 is 1.56 bits per heavy atom. The highest BCUT2D eigenvalue weighted by atomic mass is 32.1. The maximum Gasteiger partial charge on any atom is 0.261 e. The first-order chi connectivity index (χ1) is 17.5. The monoisotopic (exact) mass is 488 g/mol. The van der Waals surface area contributed by atoms with E-state index < -0.39 is 0 Å². The molecule has 2 heterocycles. The number of fused-ring (bicyclic) bond motifs is 2. The van der Waals surface area contributed by atoms with Crippen LogP contribution in [-0.2, 0) is 0 Å². The number of hydrogen-bond donors (Lipinski definition) is 1. The van der Waals surface area contributed by atoms with Crippen LogP contribution in [0.3, 0.4) is 0 Å². The van der Waals surface area contributed by atoms with Crippen LogP contribution in [0.1, 0.15) is 43.9 Å². The molecular formula is C31H24N2O2S. The van der Waals surface area contributed by atoms with Gasteiger partial charge in [-0.25, -0.2) is 0 Å². The number of rotatable bonds is 3. The summed E-state index contributed by atoms with van der Waals surface area (Å²) >= 11 is 1.65. The van der Waals surface area contributed by atoms with E-state index in [4.69, 9.17) is 5.73 Å². The van der Waals surface area contributed by atoms with Gasteiger partial charge in [0.2, 0.25) is 0 Å². The summed E-state index contributed by atoms with van der Waals surface area (Å²) < 4.78 is 3.57. The number of nitrogen functional groups attached to an aromatic ring is 1. The first-order valence-electron chi connectivity index (χ1n) is 12.2. The van der Waals surface area contributed by atoms with Crippen molar-refractivity contribution in [3.05, 3.63) is 98.6 Å². The van der Waals surface area contributed by atoms with E-state index >= 15 is 0 Å². The van der Waals surface area contributed by atoms with Gasteiger partial charge < -0.3 is 5.73 Å². The summed E-state index contributed by atoms with van der Waals surface area (Å²) in [6.07, 6.45) is 1.43. The average Bonchev–Trinajstić information content (AvgIpc) is 2.90. The Balaban J connectivity index is 1.82. The molecule has 2 aromatic heterocycles. The van der Waals surface area contributed by atoms with Crippen LogP contribution in [0.5, 0.6) is 0 Å². The quantitative estimate of drug-likeness (QED) is 0.131. The standard InChI is InChI=1S/C31H24N2O2S/c1-3-21(4-2)33-30(34)24-15-14-23-22-10-5-6-11-26(22)36-29-19(13-12-18-8-7-9-20(32)16-18)17-25(31(33)35)27(24)28(23)29/h5-11,14-17,21H,3-4,32H2,1-2H3. The number of benzene rings is 4. The summed E-state index contributed by atoms with van der Waals surface area (Å²) in [6.45, 7) is 4.03. The number of anilines is 1. The van der Waals surface area contributed by atoms with Crippen LogP contribution in [0, 0.1) is 11.8 Å². The van der Waals surface area contributed by atoms with E-state index in [0.29, 0.717) is 29.3 Å². The van der Waals surface area contributed by atoms with Crippen LogP contribution in [0.15, 0.2) is 76.3 Å². The van der Waals surface area contributed by atoms with Crippen molar-refractivity contribution in [3.8, 4) is 11.8 Å². The van der Waals surface area contributed by atoms with Gasteiger partial charge in [0.15, 0.2) is 0 Å². The molecule has 0 fully saturated rings. The zero-order valence-corrected chi connectivity index (χ0v) is 20.9. The molecule has 0 spiro atoms. The van der Waals surface area contributed by atoms with Gasteiger partial charge in [-0.2, -0.15) is 0 Å². The fraction of sp³-hybridized carbons (Fsp3) is 0.161. The summed E-state index contributed by atoms with van der Waals surface area (Å²) in [5.74, 6) is 6.57. The molecule has 4 aromatic carbocycles. The lowest BCUT2D eigenvalue weighted by Crippen LogP contribution is -2.36. The van der Waals surface area contributed by atoms with Gasteiger partial charge in [0, 0.05) is 43.7 Å². The molecule has 0 bridgehead atoms. The lowest BCUT2D eigenvalue weighted by atomic mass is 9.95. The summed E-state index contributed by atoms with van der Waals surface area (Å²) in [7, 11) is 0. The zero-order valence-electron chi connectivity index (χ0n) is 20.1. The minimum atomic E-state index is -0.235. The van der Waals surface area contributed by atoms with Crippen molar-refractivity contribution in [1.29, 1.82) is 0 Å². The molecule has 5 heteroatoms. The number of aromatic nitrogens is 1. The maximum atomic E-state index is 13.9. The van der Waals surface area contributed by atoms with Gasteiger partial charge >= 0.3 is 0 Å². The Kier molecular flexibility index (Phi) is 5.28. The molecule has 2 N–H and O–H groups in total. The molecule has 0 aliphatic rings. The highest BCUT2D eigenvalue weighted by Crippen LogP contribution is 2.41.